The summed E-state index contributed by atoms with van der Waals surface area (Å²) < 4.78 is 5.46. The summed E-state index contributed by atoms with van der Waals surface area (Å²) in [4.78, 5) is 14.4. The van der Waals surface area contributed by atoms with Crippen molar-refractivity contribution in [2.24, 2.45) is 5.73 Å². The molecule has 5 heteroatoms. The molecular weight excluding hydrogens is 288 g/mol. The molecule has 2 fully saturated rings. The molecule has 21 heavy (non-hydrogen) atoms. The average molecular weight is 309 g/mol. The minimum absolute atomic E-state index is 0.130. The highest BCUT2D eigenvalue weighted by Crippen LogP contribution is 2.42. The Morgan fingerprint density at radius 2 is 2.05 bits per heavy atom. The van der Waals surface area contributed by atoms with Crippen LogP contribution in [0.4, 0.5) is 0 Å². The van der Waals surface area contributed by atoms with Crippen LogP contribution < -0.4 is 10.5 Å². The molecule has 114 valence electrons. The van der Waals surface area contributed by atoms with E-state index in [2.05, 4.69) is 0 Å². The second kappa shape index (κ2) is 5.85. The monoisotopic (exact) mass is 308 g/mol. The molecule has 1 aromatic carbocycles. The highest BCUT2D eigenvalue weighted by molar-refractivity contribution is 6.30. The first kappa shape index (κ1) is 14.7. The SMILES string of the molecule is COc1ccc(Cl)cc1C1C(N)CC(=O)N1C1CCCC1. The molecule has 0 spiro atoms. The zero-order valence-corrected chi connectivity index (χ0v) is 13.0. The van der Waals surface area contributed by atoms with Gasteiger partial charge in [0.05, 0.1) is 13.2 Å². The van der Waals surface area contributed by atoms with E-state index < -0.39 is 0 Å². The van der Waals surface area contributed by atoms with Gasteiger partial charge in [0, 0.05) is 29.1 Å². The van der Waals surface area contributed by atoms with Crippen molar-refractivity contribution < 1.29 is 9.53 Å². The first-order valence-corrected chi connectivity index (χ1v) is 7.90. The summed E-state index contributed by atoms with van der Waals surface area (Å²) in [6, 6.07) is 5.50. The molecule has 1 heterocycles. The van der Waals surface area contributed by atoms with Gasteiger partial charge in [0.1, 0.15) is 5.75 Å². The molecule has 1 aliphatic carbocycles. The fourth-order valence-corrected chi connectivity index (χ4v) is 3.89. The number of halogens is 1. The molecular formula is C16H21ClN2O2. The van der Waals surface area contributed by atoms with Gasteiger partial charge in [0.15, 0.2) is 0 Å². The van der Waals surface area contributed by atoms with Crippen molar-refractivity contribution in [1.82, 2.24) is 4.90 Å². The van der Waals surface area contributed by atoms with Crippen LogP contribution in [0.2, 0.25) is 5.02 Å². The van der Waals surface area contributed by atoms with E-state index in [0.717, 1.165) is 24.2 Å². The molecule has 0 bridgehead atoms. The van der Waals surface area contributed by atoms with Gasteiger partial charge in [0.25, 0.3) is 0 Å². The number of nitrogens with two attached hydrogens (primary N) is 1. The van der Waals surface area contributed by atoms with Crippen LogP contribution in [-0.4, -0.2) is 30.0 Å². The van der Waals surface area contributed by atoms with Crippen LogP contribution >= 0.6 is 11.6 Å². The van der Waals surface area contributed by atoms with Crippen LogP contribution in [0.3, 0.4) is 0 Å². The number of methoxy groups -OCH3 is 1. The first-order valence-electron chi connectivity index (χ1n) is 7.52. The summed E-state index contributed by atoms with van der Waals surface area (Å²) in [5.41, 5.74) is 7.20. The second-order valence-corrected chi connectivity index (χ2v) is 6.37. The molecule has 2 unspecified atom stereocenters. The Balaban J connectivity index is 2.01. The Labute approximate surface area is 130 Å². The van der Waals surface area contributed by atoms with Crippen LogP contribution in [0.5, 0.6) is 5.75 Å². The van der Waals surface area contributed by atoms with Gasteiger partial charge in [-0.05, 0) is 31.0 Å². The topological polar surface area (TPSA) is 55.6 Å². The van der Waals surface area contributed by atoms with Gasteiger partial charge in [-0.1, -0.05) is 24.4 Å². The summed E-state index contributed by atoms with van der Waals surface area (Å²) in [5, 5.41) is 0.642. The number of hydrogen-bond acceptors (Lipinski definition) is 3. The summed E-state index contributed by atoms with van der Waals surface area (Å²) in [6.07, 6.45) is 4.90. The van der Waals surface area contributed by atoms with E-state index in [9.17, 15) is 4.79 Å². The normalized spacial score (nSPS) is 26.6. The number of likely N-dealkylation sites (tertiary alicyclic amines) is 1. The van der Waals surface area contributed by atoms with E-state index in [1.54, 1.807) is 13.2 Å². The number of benzene rings is 1. The second-order valence-electron chi connectivity index (χ2n) is 5.94. The van der Waals surface area contributed by atoms with Gasteiger partial charge >= 0.3 is 0 Å². The van der Waals surface area contributed by atoms with E-state index in [4.69, 9.17) is 22.1 Å². The van der Waals surface area contributed by atoms with E-state index >= 15 is 0 Å². The smallest absolute Gasteiger partial charge is 0.225 e. The van der Waals surface area contributed by atoms with Crippen molar-refractivity contribution in [1.29, 1.82) is 0 Å². The third-order valence-corrected chi connectivity index (χ3v) is 4.87. The lowest BCUT2D eigenvalue weighted by Gasteiger charge is -2.33. The van der Waals surface area contributed by atoms with Crippen molar-refractivity contribution in [3.63, 3.8) is 0 Å². The van der Waals surface area contributed by atoms with Crippen LogP contribution in [0, 0.1) is 0 Å². The Bertz CT molecular complexity index is 543. The van der Waals surface area contributed by atoms with Gasteiger partial charge in [-0.25, -0.2) is 0 Å². The maximum Gasteiger partial charge on any atom is 0.225 e. The molecule has 1 aromatic rings. The predicted molar refractivity (Wildman–Crippen MR) is 82.4 cm³/mol. The minimum Gasteiger partial charge on any atom is -0.496 e. The van der Waals surface area contributed by atoms with Gasteiger partial charge in [-0.2, -0.15) is 0 Å². The Morgan fingerprint density at radius 1 is 1.33 bits per heavy atom. The minimum atomic E-state index is -0.203. The van der Waals surface area contributed by atoms with E-state index in [0.29, 0.717) is 17.5 Å². The number of amides is 1. The molecule has 1 saturated heterocycles. The zero-order chi connectivity index (χ0) is 15.0. The molecule has 1 aliphatic heterocycles. The maximum absolute atomic E-state index is 12.4. The third kappa shape index (κ3) is 2.62. The lowest BCUT2D eigenvalue weighted by molar-refractivity contribution is -0.131. The highest BCUT2D eigenvalue weighted by Gasteiger charge is 2.44. The van der Waals surface area contributed by atoms with Crippen molar-refractivity contribution >= 4 is 17.5 Å². The predicted octanol–water partition coefficient (Wildman–Crippen LogP) is 2.89. The number of nitrogens with zero attached hydrogens (tertiary/aromatic N) is 1. The molecule has 2 aliphatic rings. The Morgan fingerprint density at radius 3 is 2.71 bits per heavy atom. The molecule has 0 radical (unpaired) electrons. The zero-order valence-electron chi connectivity index (χ0n) is 12.2. The lowest BCUT2D eigenvalue weighted by Crippen LogP contribution is -2.39. The van der Waals surface area contributed by atoms with E-state index in [1.807, 2.05) is 17.0 Å². The molecule has 1 amide bonds. The molecule has 2 atom stereocenters. The van der Waals surface area contributed by atoms with Crippen molar-refractivity contribution in [3.05, 3.63) is 28.8 Å². The van der Waals surface area contributed by atoms with Gasteiger partial charge < -0.3 is 15.4 Å². The quantitative estimate of drug-likeness (QED) is 0.934. The van der Waals surface area contributed by atoms with Crippen LogP contribution in [0.15, 0.2) is 18.2 Å². The maximum atomic E-state index is 12.4. The molecule has 4 nitrogen and oxygen atoms in total. The number of hydrogen-bond donors (Lipinski definition) is 1. The third-order valence-electron chi connectivity index (χ3n) is 4.63. The van der Waals surface area contributed by atoms with Crippen molar-refractivity contribution in [2.75, 3.05) is 7.11 Å². The van der Waals surface area contributed by atoms with Crippen molar-refractivity contribution in [2.45, 2.75) is 50.2 Å². The molecule has 1 saturated carbocycles. The number of carbonyl (C=O) groups excluding carboxylic acids is 1. The largest absolute Gasteiger partial charge is 0.496 e. The van der Waals surface area contributed by atoms with Crippen LogP contribution in [0.25, 0.3) is 0 Å². The number of rotatable bonds is 3. The summed E-state index contributed by atoms with van der Waals surface area (Å²) in [7, 11) is 1.63. The Hall–Kier alpha value is -1.26. The summed E-state index contributed by atoms with van der Waals surface area (Å²) >= 11 is 6.14. The van der Waals surface area contributed by atoms with E-state index in [1.165, 1.54) is 12.8 Å². The fourth-order valence-electron chi connectivity index (χ4n) is 3.71. The molecule has 0 aromatic heterocycles. The molecule has 3 rings (SSSR count). The van der Waals surface area contributed by atoms with Gasteiger partial charge in [-0.15, -0.1) is 0 Å². The summed E-state index contributed by atoms with van der Waals surface area (Å²) in [5.74, 6) is 0.902. The standard InChI is InChI=1S/C16H21ClN2O2/c1-21-14-7-6-10(17)8-12(14)16-13(18)9-15(20)19(16)11-4-2-3-5-11/h6-8,11,13,16H,2-5,9,18H2,1H3. The summed E-state index contributed by atoms with van der Waals surface area (Å²) in [6.45, 7) is 0. The lowest BCUT2D eigenvalue weighted by atomic mass is 9.98. The van der Waals surface area contributed by atoms with Gasteiger partial charge in [0.2, 0.25) is 5.91 Å². The fraction of sp³-hybridized carbons (Fsp3) is 0.562. The van der Waals surface area contributed by atoms with Crippen LogP contribution in [-0.2, 0) is 4.79 Å². The number of ether oxygens (including phenoxy) is 1. The van der Waals surface area contributed by atoms with Crippen LogP contribution in [0.1, 0.15) is 43.7 Å². The average Bonchev–Trinajstić information content (AvgIpc) is 3.06. The first-order chi connectivity index (χ1) is 10.1. The van der Waals surface area contributed by atoms with Gasteiger partial charge in [-0.3, -0.25) is 4.79 Å². The molecule has 2 N–H and O–H groups in total. The van der Waals surface area contributed by atoms with Crippen molar-refractivity contribution in [3.8, 4) is 5.75 Å². The highest BCUT2D eigenvalue weighted by atomic mass is 35.5. The Kier molecular flexibility index (Phi) is 4.09. The van der Waals surface area contributed by atoms with E-state index in [-0.39, 0.29) is 18.0 Å². The number of carbonyl (C=O) groups is 1.